The van der Waals surface area contributed by atoms with Crippen LogP contribution in [0.1, 0.15) is 27.2 Å². The molecule has 1 fully saturated rings. The molecule has 13 heavy (non-hydrogen) atoms. The van der Waals surface area contributed by atoms with Crippen LogP contribution in [0, 0.1) is 11.3 Å². The zero-order valence-electron chi connectivity index (χ0n) is 8.81. The van der Waals surface area contributed by atoms with Crippen LogP contribution in [0.25, 0.3) is 0 Å². The molecule has 0 aromatic heterocycles. The summed E-state index contributed by atoms with van der Waals surface area (Å²) in [4.78, 5) is 11.2. The average molecular weight is 184 g/mol. The first-order valence-electron chi connectivity index (χ1n) is 5.03. The van der Waals surface area contributed by atoms with Gasteiger partial charge in [-0.05, 0) is 24.3 Å². The van der Waals surface area contributed by atoms with Gasteiger partial charge >= 0.3 is 0 Å². The highest BCUT2D eigenvalue weighted by Gasteiger charge is 2.45. The number of nitrogens with one attached hydrogen (secondary N) is 2. The molecule has 0 spiro atoms. The van der Waals surface area contributed by atoms with Crippen LogP contribution in [-0.4, -0.2) is 25.5 Å². The molecule has 0 saturated heterocycles. The summed E-state index contributed by atoms with van der Waals surface area (Å²) in [5.74, 6) is 0.808. The lowest BCUT2D eigenvalue weighted by Crippen LogP contribution is -2.35. The van der Waals surface area contributed by atoms with Crippen molar-refractivity contribution in [3.05, 3.63) is 0 Å². The van der Waals surface area contributed by atoms with Crippen LogP contribution in [0.4, 0.5) is 0 Å². The molecule has 0 aliphatic heterocycles. The molecule has 1 atom stereocenters. The topological polar surface area (TPSA) is 41.1 Å². The molecule has 2 N–H and O–H groups in total. The maximum atomic E-state index is 11.2. The Labute approximate surface area is 80.3 Å². The number of carbonyl (C=O) groups is 1. The van der Waals surface area contributed by atoms with Crippen molar-refractivity contribution < 1.29 is 4.79 Å². The fourth-order valence-corrected chi connectivity index (χ4v) is 1.46. The van der Waals surface area contributed by atoms with Gasteiger partial charge in [0.05, 0.1) is 6.54 Å². The van der Waals surface area contributed by atoms with Gasteiger partial charge in [-0.25, -0.2) is 0 Å². The van der Waals surface area contributed by atoms with Crippen LogP contribution in [0.2, 0.25) is 0 Å². The molecule has 0 radical (unpaired) electrons. The van der Waals surface area contributed by atoms with E-state index in [1.807, 2.05) is 6.92 Å². The van der Waals surface area contributed by atoms with E-state index >= 15 is 0 Å². The molecule has 1 saturated carbocycles. The van der Waals surface area contributed by atoms with Crippen molar-refractivity contribution in [1.82, 2.24) is 10.6 Å². The van der Waals surface area contributed by atoms with Crippen LogP contribution in [0.15, 0.2) is 0 Å². The smallest absolute Gasteiger partial charge is 0.233 e. The lowest BCUT2D eigenvalue weighted by Gasteiger charge is -2.06. The average Bonchev–Trinajstić information content (AvgIpc) is 2.67. The minimum absolute atomic E-state index is 0.115. The largest absolute Gasteiger partial charge is 0.355 e. The number of likely N-dealkylation sites (N-methyl/N-ethyl adjacent to an activating group) is 1. The summed E-state index contributed by atoms with van der Waals surface area (Å²) in [6.45, 7) is 8.63. The Morgan fingerprint density at radius 2 is 2.15 bits per heavy atom. The minimum Gasteiger partial charge on any atom is -0.355 e. The fourth-order valence-electron chi connectivity index (χ4n) is 1.46. The summed E-state index contributed by atoms with van der Waals surface area (Å²) in [5, 5.41) is 5.93. The maximum Gasteiger partial charge on any atom is 0.233 e. The quantitative estimate of drug-likeness (QED) is 0.662. The molecule has 0 bridgehead atoms. The van der Waals surface area contributed by atoms with Gasteiger partial charge in [0.15, 0.2) is 0 Å². The normalized spacial score (nSPS) is 24.1. The first-order valence-corrected chi connectivity index (χ1v) is 5.03. The second-order valence-corrected chi connectivity index (χ2v) is 4.47. The van der Waals surface area contributed by atoms with Gasteiger partial charge < -0.3 is 10.6 Å². The predicted octanol–water partition coefficient (Wildman–Crippen LogP) is 0.758. The van der Waals surface area contributed by atoms with Crippen molar-refractivity contribution in [1.29, 1.82) is 0 Å². The van der Waals surface area contributed by atoms with Crippen LogP contribution >= 0.6 is 0 Å². The van der Waals surface area contributed by atoms with E-state index in [1.165, 1.54) is 6.42 Å². The van der Waals surface area contributed by atoms with E-state index in [2.05, 4.69) is 24.5 Å². The van der Waals surface area contributed by atoms with Gasteiger partial charge in [-0.3, -0.25) is 4.79 Å². The number of rotatable bonds is 5. The third kappa shape index (κ3) is 3.35. The Balaban J connectivity index is 2.03. The monoisotopic (exact) mass is 184 g/mol. The van der Waals surface area contributed by atoms with E-state index < -0.39 is 0 Å². The third-order valence-corrected chi connectivity index (χ3v) is 2.80. The lowest BCUT2D eigenvalue weighted by molar-refractivity contribution is -0.120. The molecule has 0 aromatic carbocycles. The zero-order chi connectivity index (χ0) is 9.90. The molecule has 1 rings (SSSR count). The Hall–Kier alpha value is -0.570. The van der Waals surface area contributed by atoms with Gasteiger partial charge in [0, 0.05) is 6.54 Å². The molecule has 3 heteroatoms. The second-order valence-electron chi connectivity index (χ2n) is 4.47. The SMILES string of the molecule is CCNCC(=O)NCC1CC1(C)C. The number of carbonyl (C=O) groups excluding carboxylic acids is 1. The van der Waals surface area contributed by atoms with Gasteiger partial charge in [0.1, 0.15) is 0 Å². The Morgan fingerprint density at radius 1 is 1.54 bits per heavy atom. The summed E-state index contributed by atoms with van der Waals surface area (Å²) in [7, 11) is 0. The highest BCUT2D eigenvalue weighted by molar-refractivity contribution is 5.77. The van der Waals surface area contributed by atoms with Crippen LogP contribution < -0.4 is 10.6 Å². The van der Waals surface area contributed by atoms with Crippen molar-refractivity contribution >= 4 is 5.91 Å². The summed E-state index contributed by atoms with van der Waals surface area (Å²) < 4.78 is 0. The lowest BCUT2D eigenvalue weighted by atomic mass is 10.1. The number of amides is 1. The summed E-state index contributed by atoms with van der Waals surface area (Å²) >= 11 is 0. The molecule has 1 aliphatic carbocycles. The van der Waals surface area contributed by atoms with Gasteiger partial charge in [-0.2, -0.15) is 0 Å². The van der Waals surface area contributed by atoms with Crippen LogP contribution in [0.3, 0.4) is 0 Å². The molecule has 0 heterocycles. The molecular weight excluding hydrogens is 164 g/mol. The van der Waals surface area contributed by atoms with Crippen molar-refractivity contribution in [2.75, 3.05) is 19.6 Å². The fraction of sp³-hybridized carbons (Fsp3) is 0.900. The highest BCUT2D eigenvalue weighted by Crippen LogP contribution is 2.50. The number of hydrogen-bond acceptors (Lipinski definition) is 2. The van der Waals surface area contributed by atoms with Crippen LogP contribution in [0.5, 0.6) is 0 Å². The zero-order valence-corrected chi connectivity index (χ0v) is 8.81. The van der Waals surface area contributed by atoms with Crippen molar-refractivity contribution in [2.45, 2.75) is 27.2 Å². The molecule has 76 valence electrons. The van der Waals surface area contributed by atoms with E-state index in [-0.39, 0.29) is 5.91 Å². The first kappa shape index (κ1) is 10.5. The standard InChI is InChI=1S/C10H20N2O/c1-4-11-7-9(13)12-6-8-5-10(8,2)3/h8,11H,4-7H2,1-3H3,(H,12,13). The van der Waals surface area contributed by atoms with Gasteiger partial charge in [0.25, 0.3) is 0 Å². The molecule has 1 unspecified atom stereocenters. The maximum absolute atomic E-state index is 11.2. The summed E-state index contributed by atoms with van der Waals surface area (Å²) in [6, 6.07) is 0. The van der Waals surface area contributed by atoms with Crippen LogP contribution in [-0.2, 0) is 4.79 Å². The minimum atomic E-state index is 0.115. The van der Waals surface area contributed by atoms with E-state index in [9.17, 15) is 4.79 Å². The second kappa shape index (κ2) is 4.09. The van der Waals surface area contributed by atoms with E-state index in [0.717, 1.165) is 13.1 Å². The highest BCUT2D eigenvalue weighted by atomic mass is 16.1. The van der Waals surface area contributed by atoms with Gasteiger partial charge in [-0.1, -0.05) is 20.8 Å². The number of hydrogen-bond donors (Lipinski definition) is 2. The Morgan fingerprint density at radius 3 is 2.62 bits per heavy atom. The van der Waals surface area contributed by atoms with Crippen molar-refractivity contribution in [2.24, 2.45) is 11.3 Å². The first-order chi connectivity index (χ1) is 6.06. The van der Waals surface area contributed by atoms with Crippen molar-refractivity contribution in [3.8, 4) is 0 Å². The Bertz CT molecular complexity index is 189. The third-order valence-electron chi connectivity index (χ3n) is 2.80. The van der Waals surface area contributed by atoms with E-state index in [0.29, 0.717) is 17.9 Å². The molecule has 1 amide bonds. The Kier molecular flexibility index (Phi) is 3.31. The predicted molar refractivity (Wildman–Crippen MR) is 53.4 cm³/mol. The summed E-state index contributed by atoms with van der Waals surface area (Å²) in [6.07, 6.45) is 1.24. The molecule has 3 nitrogen and oxygen atoms in total. The van der Waals surface area contributed by atoms with Crippen molar-refractivity contribution in [3.63, 3.8) is 0 Å². The summed E-state index contributed by atoms with van der Waals surface area (Å²) in [5.41, 5.74) is 0.464. The molecular formula is C10H20N2O. The van der Waals surface area contributed by atoms with Gasteiger partial charge in [0.2, 0.25) is 5.91 Å². The molecule has 0 aromatic rings. The van der Waals surface area contributed by atoms with E-state index in [1.54, 1.807) is 0 Å². The molecule has 1 aliphatic rings. The van der Waals surface area contributed by atoms with Gasteiger partial charge in [-0.15, -0.1) is 0 Å². The van der Waals surface area contributed by atoms with E-state index in [4.69, 9.17) is 0 Å².